The highest BCUT2D eigenvalue weighted by molar-refractivity contribution is 5.74. The average molecular weight is 394 g/mol. The Balaban J connectivity index is 1.54. The van der Waals surface area contributed by atoms with Gasteiger partial charge in [-0.05, 0) is 43.3 Å². The first-order chi connectivity index (χ1) is 14.0. The van der Waals surface area contributed by atoms with Gasteiger partial charge < -0.3 is 13.9 Å². The van der Waals surface area contributed by atoms with Crippen LogP contribution in [0, 0.1) is 21.4 Å². The zero-order chi connectivity index (χ0) is 20.8. The van der Waals surface area contributed by atoms with E-state index >= 15 is 0 Å². The Morgan fingerprint density at radius 2 is 1.90 bits per heavy atom. The lowest BCUT2D eigenvalue weighted by Crippen LogP contribution is -2.26. The van der Waals surface area contributed by atoms with Gasteiger partial charge in [-0.3, -0.25) is 10.1 Å². The second-order valence-electron chi connectivity index (χ2n) is 5.81. The molecule has 1 atom stereocenters. The third kappa shape index (κ3) is 4.92. The fourth-order valence-electron chi connectivity index (χ4n) is 2.26. The number of non-ortho nitro benzene ring substituents is 1. The van der Waals surface area contributed by atoms with Crippen LogP contribution in [0.4, 0.5) is 5.69 Å². The molecule has 1 heterocycles. The summed E-state index contributed by atoms with van der Waals surface area (Å²) in [5, 5.41) is 27.1. The highest BCUT2D eigenvalue weighted by Crippen LogP contribution is 2.21. The van der Waals surface area contributed by atoms with Crippen molar-refractivity contribution in [3.05, 3.63) is 70.1 Å². The lowest BCUT2D eigenvalue weighted by atomic mass is 10.2. The number of hydrogen-bond acceptors (Lipinski definition) is 9. The van der Waals surface area contributed by atoms with Crippen LogP contribution in [0.25, 0.3) is 11.5 Å². The number of carbonyl (C=O) groups excluding carboxylic acids is 1. The van der Waals surface area contributed by atoms with E-state index in [4.69, 9.17) is 19.2 Å². The highest BCUT2D eigenvalue weighted by Gasteiger charge is 2.18. The molecule has 1 aromatic heterocycles. The van der Waals surface area contributed by atoms with Gasteiger partial charge in [-0.2, -0.15) is 5.26 Å². The van der Waals surface area contributed by atoms with E-state index in [2.05, 4.69) is 10.2 Å². The van der Waals surface area contributed by atoms with Crippen LogP contribution in [0.3, 0.4) is 0 Å². The van der Waals surface area contributed by atoms with Crippen molar-refractivity contribution in [3.8, 4) is 23.3 Å². The maximum Gasteiger partial charge on any atom is 0.347 e. The molecule has 0 aliphatic heterocycles. The Bertz CT molecular complexity index is 1050. The van der Waals surface area contributed by atoms with Crippen LogP contribution in [0.2, 0.25) is 0 Å². The molecular weight excluding hydrogens is 380 g/mol. The largest absolute Gasteiger partial charge is 0.479 e. The van der Waals surface area contributed by atoms with E-state index in [0.717, 1.165) is 0 Å². The van der Waals surface area contributed by atoms with E-state index in [9.17, 15) is 14.9 Å². The number of ether oxygens (including phenoxy) is 2. The summed E-state index contributed by atoms with van der Waals surface area (Å²) in [5.41, 5.74) is 0.921. The molecule has 0 fully saturated rings. The number of carbonyl (C=O) groups is 1. The van der Waals surface area contributed by atoms with Gasteiger partial charge >= 0.3 is 5.97 Å². The number of nitriles is 1. The number of nitro benzene ring substituents is 1. The molecule has 3 rings (SSSR count). The van der Waals surface area contributed by atoms with E-state index in [1.54, 1.807) is 24.3 Å². The first kappa shape index (κ1) is 19.5. The zero-order valence-electron chi connectivity index (χ0n) is 15.1. The van der Waals surface area contributed by atoms with E-state index in [0.29, 0.717) is 16.9 Å². The molecule has 0 amide bonds. The molecule has 0 radical (unpaired) electrons. The number of hydrogen-bond donors (Lipinski definition) is 0. The summed E-state index contributed by atoms with van der Waals surface area (Å²) in [6, 6.07) is 13.9. The first-order valence-corrected chi connectivity index (χ1v) is 8.37. The molecule has 10 heteroatoms. The molecule has 3 aromatic rings. The van der Waals surface area contributed by atoms with Crippen molar-refractivity contribution in [1.29, 1.82) is 5.26 Å². The monoisotopic (exact) mass is 394 g/mol. The van der Waals surface area contributed by atoms with Gasteiger partial charge in [0.2, 0.25) is 5.89 Å². The van der Waals surface area contributed by atoms with Crippen molar-refractivity contribution in [2.24, 2.45) is 0 Å². The van der Waals surface area contributed by atoms with Gasteiger partial charge in [0.15, 0.2) is 12.7 Å². The second kappa shape index (κ2) is 8.62. The number of esters is 1. The second-order valence-corrected chi connectivity index (χ2v) is 5.81. The lowest BCUT2D eigenvalue weighted by Gasteiger charge is -2.13. The van der Waals surface area contributed by atoms with Gasteiger partial charge in [0.1, 0.15) is 5.75 Å². The third-order valence-corrected chi connectivity index (χ3v) is 3.76. The Kier molecular flexibility index (Phi) is 5.80. The number of aromatic nitrogens is 2. The van der Waals surface area contributed by atoms with Crippen molar-refractivity contribution < 1.29 is 23.6 Å². The number of nitro groups is 1. The fourth-order valence-corrected chi connectivity index (χ4v) is 2.26. The molecule has 0 N–H and O–H groups in total. The summed E-state index contributed by atoms with van der Waals surface area (Å²) in [6.45, 7) is 1.27. The summed E-state index contributed by atoms with van der Waals surface area (Å²) in [7, 11) is 0. The van der Waals surface area contributed by atoms with Gasteiger partial charge in [0.05, 0.1) is 16.6 Å². The van der Waals surface area contributed by atoms with E-state index < -0.39 is 17.0 Å². The molecule has 0 bridgehead atoms. The normalized spacial score (nSPS) is 11.3. The molecule has 0 aliphatic rings. The van der Waals surface area contributed by atoms with Crippen LogP contribution in [0.1, 0.15) is 18.4 Å². The summed E-state index contributed by atoms with van der Waals surface area (Å²) >= 11 is 0. The van der Waals surface area contributed by atoms with Gasteiger partial charge in [-0.15, -0.1) is 10.2 Å². The predicted molar refractivity (Wildman–Crippen MR) is 97.4 cm³/mol. The first-order valence-electron chi connectivity index (χ1n) is 8.37. The molecule has 0 spiro atoms. The Labute approximate surface area is 164 Å². The van der Waals surface area contributed by atoms with Crippen LogP contribution >= 0.6 is 0 Å². The van der Waals surface area contributed by atoms with E-state index in [1.807, 2.05) is 6.07 Å². The smallest absolute Gasteiger partial charge is 0.347 e. The van der Waals surface area contributed by atoms with E-state index in [-0.39, 0.29) is 24.1 Å². The molecule has 10 nitrogen and oxygen atoms in total. The number of benzene rings is 2. The molecule has 0 unspecified atom stereocenters. The molecular formula is C19H14N4O6. The van der Waals surface area contributed by atoms with Crippen LogP contribution in [0.5, 0.6) is 5.75 Å². The van der Waals surface area contributed by atoms with Crippen LogP contribution in [-0.4, -0.2) is 27.2 Å². The minimum Gasteiger partial charge on any atom is -0.479 e. The Morgan fingerprint density at radius 3 is 2.52 bits per heavy atom. The highest BCUT2D eigenvalue weighted by atomic mass is 16.6. The Morgan fingerprint density at radius 1 is 1.21 bits per heavy atom. The third-order valence-electron chi connectivity index (χ3n) is 3.76. The molecule has 0 aliphatic carbocycles. The predicted octanol–water partition coefficient (Wildman–Crippen LogP) is 3.03. The maximum absolute atomic E-state index is 12.1. The van der Waals surface area contributed by atoms with Crippen LogP contribution in [0.15, 0.2) is 52.9 Å². The number of rotatable bonds is 7. The van der Waals surface area contributed by atoms with Gasteiger partial charge in [-0.25, -0.2) is 4.79 Å². The fraction of sp³-hybridized carbons (Fsp3) is 0.158. The van der Waals surface area contributed by atoms with Gasteiger partial charge in [0.25, 0.3) is 11.6 Å². The van der Waals surface area contributed by atoms with Crippen LogP contribution in [-0.2, 0) is 16.1 Å². The van der Waals surface area contributed by atoms with Crippen molar-refractivity contribution >= 4 is 11.7 Å². The minimum atomic E-state index is -0.889. The van der Waals surface area contributed by atoms with Crippen molar-refractivity contribution in [1.82, 2.24) is 10.2 Å². The zero-order valence-corrected chi connectivity index (χ0v) is 15.1. The Hall–Kier alpha value is -4.26. The van der Waals surface area contributed by atoms with Gasteiger partial charge in [-0.1, -0.05) is 0 Å². The van der Waals surface area contributed by atoms with Crippen molar-refractivity contribution in [3.63, 3.8) is 0 Å². The molecule has 146 valence electrons. The van der Waals surface area contributed by atoms with Crippen molar-refractivity contribution in [2.75, 3.05) is 0 Å². The van der Waals surface area contributed by atoms with Crippen molar-refractivity contribution in [2.45, 2.75) is 19.6 Å². The standard InChI is InChI=1S/C19H14N4O6/c1-12(28-16-8-2-13(10-20)3-9-16)19(24)27-11-17-21-22-18(29-17)14-4-6-15(7-5-14)23(25)26/h2-9,12H,11H2,1H3/t12-/m1/s1. The summed E-state index contributed by atoms with van der Waals surface area (Å²) in [5.74, 6) is 0.00115. The molecule has 29 heavy (non-hydrogen) atoms. The summed E-state index contributed by atoms with van der Waals surface area (Å²) < 4.78 is 16.0. The summed E-state index contributed by atoms with van der Waals surface area (Å²) in [6.07, 6.45) is -0.889. The van der Waals surface area contributed by atoms with Gasteiger partial charge in [0, 0.05) is 17.7 Å². The van der Waals surface area contributed by atoms with Crippen LogP contribution < -0.4 is 4.74 Å². The molecule has 0 saturated heterocycles. The quantitative estimate of drug-likeness (QED) is 0.336. The van der Waals surface area contributed by atoms with E-state index in [1.165, 1.54) is 31.2 Å². The lowest BCUT2D eigenvalue weighted by molar-refractivity contribution is -0.384. The molecule has 2 aromatic carbocycles. The number of nitrogens with zero attached hydrogens (tertiary/aromatic N) is 4. The molecule has 0 saturated carbocycles. The SMILES string of the molecule is C[C@@H](Oc1ccc(C#N)cc1)C(=O)OCc1nnc(-c2ccc([N+](=O)[O-])cc2)o1. The topological polar surface area (TPSA) is 141 Å². The maximum atomic E-state index is 12.1. The summed E-state index contributed by atoms with van der Waals surface area (Å²) in [4.78, 5) is 22.2. The minimum absolute atomic E-state index is 0.0568. The average Bonchev–Trinajstić information content (AvgIpc) is 3.21.